The van der Waals surface area contributed by atoms with Crippen LogP contribution >= 0.6 is 23.5 Å². The summed E-state index contributed by atoms with van der Waals surface area (Å²) in [6, 6.07) is 0. The van der Waals surface area contributed by atoms with Crippen LogP contribution in [0.25, 0.3) is 0 Å². The normalized spacial score (nSPS) is 30.7. The van der Waals surface area contributed by atoms with Crippen molar-refractivity contribution in [3.63, 3.8) is 0 Å². The molecular weight excluding hydrogens is 252 g/mol. The highest BCUT2D eigenvalue weighted by Crippen LogP contribution is 2.56. The van der Waals surface area contributed by atoms with E-state index in [4.69, 9.17) is 0 Å². The lowest BCUT2D eigenvalue weighted by Gasteiger charge is -2.49. The van der Waals surface area contributed by atoms with E-state index < -0.39 is 8.07 Å². The van der Waals surface area contributed by atoms with E-state index in [0.717, 1.165) is 19.3 Å². The average molecular weight is 275 g/mol. The summed E-state index contributed by atoms with van der Waals surface area (Å²) in [5.41, 5.74) is 0. The summed E-state index contributed by atoms with van der Waals surface area (Å²) < 4.78 is 0.428. The molecule has 2 fully saturated rings. The van der Waals surface area contributed by atoms with Gasteiger partial charge in [0.15, 0.2) is 0 Å². The minimum absolute atomic E-state index is 0.428. The van der Waals surface area contributed by atoms with Gasteiger partial charge < -0.3 is 0 Å². The smallest absolute Gasteiger partial charge is 0.133 e. The molecule has 0 aromatic carbocycles. The zero-order valence-corrected chi connectivity index (χ0v) is 13.2. The first-order valence-corrected chi connectivity index (χ1v) is 11.7. The second kappa shape index (κ2) is 4.69. The third kappa shape index (κ3) is 2.25. The SMILES string of the molecule is C[Si](C)(C)C1(C2CCC(=O)C2)SCCCS1. The maximum Gasteiger partial charge on any atom is 0.133 e. The molecule has 1 aliphatic heterocycles. The number of ketones is 1. The topological polar surface area (TPSA) is 17.1 Å². The van der Waals surface area contributed by atoms with Crippen LogP contribution in [0, 0.1) is 5.92 Å². The fourth-order valence-electron chi connectivity index (χ4n) is 2.97. The van der Waals surface area contributed by atoms with Gasteiger partial charge in [0, 0.05) is 12.8 Å². The molecule has 16 heavy (non-hydrogen) atoms. The van der Waals surface area contributed by atoms with Gasteiger partial charge >= 0.3 is 0 Å². The van der Waals surface area contributed by atoms with Gasteiger partial charge in [-0.3, -0.25) is 4.79 Å². The Hall–Kier alpha value is 0.587. The Balaban J connectivity index is 2.23. The Morgan fingerprint density at radius 2 is 1.88 bits per heavy atom. The number of carbonyl (C=O) groups is 1. The molecule has 0 spiro atoms. The Bertz CT molecular complexity index is 279. The van der Waals surface area contributed by atoms with Gasteiger partial charge in [-0.15, -0.1) is 23.5 Å². The zero-order chi connectivity index (χ0) is 11.8. The van der Waals surface area contributed by atoms with E-state index in [1.165, 1.54) is 17.9 Å². The minimum Gasteiger partial charge on any atom is -0.300 e. The van der Waals surface area contributed by atoms with Crippen LogP contribution in [0.5, 0.6) is 0 Å². The molecule has 1 aliphatic carbocycles. The van der Waals surface area contributed by atoms with Crippen LogP contribution in [0.3, 0.4) is 0 Å². The Morgan fingerprint density at radius 1 is 1.25 bits per heavy atom. The van der Waals surface area contributed by atoms with Crippen molar-refractivity contribution in [2.24, 2.45) is 5.92 Å². The van der Waals surface area contributed by atoms with Gasteiger partial charge in [-0.2, -0.15) is 0 Å². The maximum absolute atomic E-state index is 11.6. The first-order chi connectivity index (χ1) is 7.46. The third-order valence-electron chi connectivity index (χ3n) is 3.75. The first kappa shape index (κ1) is 13.0. The number of carbonyl (C=O) groups excluding carboxylic acids is 1. The summed E-state index contributed by atoms with van der Waals surface area (Å²) in [5.74, 6) is 3.79. The highest BCUT2D eigenvalue weighted by molar-refractivity contribution is 8.21. The molecule has 92 valence electrons. The van der Waals surface area contributed by atoms with Crippen molar-refractivity contribution in [1.82, 2.24) is 0 Å². The molecule has 2 aliphatic rings. The molecule has 1 unspecified atom stereocenters. The van der Waals surface area contributed by atoms with Crippen molar-refractivity contribution < 1.29 is 4.79 Å². The van der Waals surface area contributed by atoms with Crippen molar-refractivity contribution in [3.05, 3.63) is 0 Å². The molecule has 0 aromatic heterocycles. The van der Waals surface area contributed by atoms with E-state index >= 15 is 0 Å². The van der Waals surface area contributed by atoms with Crippen molar-refractivity contribution >= 4 is 37.4 Å². The third-order valence-corrected chi connectivity index (χ3v) is 14.0. The van der Waals surface area contributed by atoms with E-state index in [1.54, 1.807) is 0 Å². The fraction of sp³-hybridized carbons (Fsp3) is 0.917. The molecule has 0 radical (unpaired) electrons. The lowest BCUT2D eigenvalue weighted by atomic mass is 10.1. The van der Waals surface area contributed by atoms with Crippen LogP contribution in [0.4, 0.5) is 0 Å². The number of hydrogen-bond acceptors (Lipinski definition) is 3. The molecule has 1 heterocycles. The van der Waals surface area contributed by atoms with Crippen LogP contribution in [-0.4, -0.2) is 29.1 Å². The lowest BCUT2D eigenvalue weighted by Crippen LogP contribution is -2.53. The van der Waals surface area contributed by atoms with Gasteiger partial charge in [0.25, 0.3) is 0 Å². The number of hydrogen-bond donors (Lipinski definition) is 0. The standard InChI is InChI=1S/C12H22OS2Si/c1-16(2,3)12(14-7-4-8-15-12)10-5-6-11(13)9-10/h10H,4-9H2,1-3H3. The summed E-state index contributed by atoms with van der Waals surface area (Å²) in [5, 5.41) is 0. The molecule has 1 saturated heterocycles. The van der Waals surface area contributed by atoms with Crippen molar-refractivity contribution in [1.29, 1.82) is 0 Å². The molecule has 4 heteroatoms. The molecule has 0 amide bonds. The van der Waals surface area contributed by atoms with Gasteiger partial charge in [0.1, 0.15) is 5.78 Å². The van der Waals surface area contributed by atoms with Crippen LogP contribution in [0.2, 0.25) is 19.6 Å². The van der Waals surface area contributed by atoms with Crippen LogP contribution in [0.1, 0.15) is 25.7 Å². The Labute approximate surface area is 109 Å². The van der Waals surface area contributed by atoms with Gasteiger partial charge in [0.2, 0.25) is 0 Å². The van der Waals surface area contributed by atoms with Crippen molar-refractivity contribution in [3.8, 4) is 0 Å². The summed E-state index contributed by atoms with van der Waals surface area (Å²) >= 11 is 4.38. The lowest BCUT2D eigenvalue weighted by molar-refractivity contribution is -0.117. The average Bonchev–Trinajstić information content (AvgIpc) is 2.65. The number of Topliss-reactive ketones (excluding diaryl/α,β-unsaturated/α-hetero) is 1. The van der Waals surface area contributed by atoms with Crippen molar-refractivity contribution in [2.45, 2.75) is 49.0 Å². The number of rotatable bonds is 2. The quantitative estimate of drug-likeness (QED) is 0.713. The second-order valence-corrected chi connectivity index (χ2v) is 14.9. The molecule has 0 bridgehead atoms. The molecule has 0 N–H and O–H groups in total. The molecule has 1 saturated carbocycles. The van der Waals surface area contributed by atoms with Gasteiger partial charge in [-0.1, -0.05) is 19.6 Å². The highest BCUT2D eigenvalue weighted by Gasteiger charge is 2.52. The van der Waals surface area contributed by atoms with Gasteiger partial charge in [-0.25, -0.2) is 0 Å². The minimum atomic E-state index is -1.23. The predicted molar refractivity (Wildman–Crippen MR) is 78.0 cm³/mol. The largest absolute Gasteiger partial charge is 0.300 e. The summed E-state index contributed by atoms with van der Waals surface area (Å²) in [4.78, 5) is 11.6. The van der Waals surface area contributed by atoms with Gasteiger partial charge in [-0.05, 0) is 30.3 Å². The van der Waals surface area contributed by atoms with Crippen molar-refractivity contribution in [2.75, 3.05) is 11.5 Å². The van der Waals surface area contributed by atoms with E-state index in [-0.39, 0.29) is 0 Å². The van der Waals surface area contributed by atoms with Gasteiger partial charge in [0.05, 0.1) is 11.8 Å². The van der Waals surface area contributed by atoms with E-state index in [0.29, 0.717) is 15.4 Å². The fourth-order valence-corrected chi connectivity index (χ4v) is 11.6. The zero-order valence-electron chi connectivity index (χ0n) is 10.5. The summed E-state index contributed by atoms with van der Waals surface area (Å²) in [6.45, 7) is 7.46. The number of thioether (sulfide) groups is 2. The maximum atomic E-state index is 11.6. The van der Waals surface area contributed by atoms with Crippen LogP contribution in [-0.2, 0) is 4.79 Å². The molecule has 1 atom stereocenters. The molecule has 0 aromatic rings. The second-order valence-electron chi connectivity index (χ2n) is 5.95. The monoisotopic (exact) mass is 274 g/mol. The Morgan fingerprint density at radius 3 is 2.31 bits per heavy atom. The first-order valence-electron chi connectivity index (χ1n) is 6.25. The summed E-state index contributed by atoms with van der Waals surface area (Å²) in [6.07, 6.45) is 4.22. The van der Waals surface area contributed by atoms with Crippen LogP contribution in [0.15, 0.2) is 0 Å². The van der Waals surface area contributed by atoms with E-state index in [2.05, 4.69) is 43.2 Å². The molecular formula is C12H22OS2Si. The molecule has 1 nitrogen and oxygen atoms in total. The Kier molecular flexibility index (Phi) is 3.82. The van der Waals surface area contributed by atoms with Crippen LogP contribution < -0.4 is 0 Å². The van der Waals surface area contributed by atoms with E-state index in [9.17, 15) is 4.79 Å². The predicted octanol–water partition coefficient (Wildman–Crippen LogP) is 3.80. The van der Waals surface area contributed by atoms with E-state index in [1.807, 2.05) is 0 Å². The molecule has 2 rings (SSSR count). The summed E-state index contributed by atoms with van der Waals surface area (Å²) in [7, 11) is -1.23. The highest BCUT2D eigenvalue weighted by atomic mass is 32.2.